The monoisotopic (exact) mass is 380 g/mol. The topological polar surface area (TPSA) is 94.4 Å². The van der Waals surface area contributed by atoms with E-state index < -0.39 is 5.97 Å². The first kappa shape index (κ1) is 19.2. The summed E-state index contributed by atoms with van der Waals surface area (Å²) in [6.07, 6.45) is 0.129. The number of hydrogen-bond donors (Lipinski definition) is 0. The molecule has 0 saturated heterocycles. The molecule has 8 nitrogen and oxygen atoms in total. The van der Waals surface area contributed by atoms with Crippen LogP contribution < -0.4 is 5.56 Å². The van der Waals surface area contributed by atoms with E-state index in [9.17, 15) is 14.4 Å². The van der Waals surface area contributed by atoms with Crippen molar-refractivity contribution in [3.05, 3.63) is 70.0 Å². The fourth-order valence-electron chi connectivity index (χ4n) is 2.79. The van der Waals surface area contributed by atoms with Crippen LogP contribution in [0.15, 0.2) is 53.3 Å². The zero-order valence-electron chi connectivity index (χ0n) is 15.7. The molecule has 1 amide bonds. The molecule has 0 atom stereocenters. The van der Waals surface area contributed by atoms with Crippen molar-refractivity contribution in [1.29, 1.82) is 0 Å². The highest BCUT2D eigenvalue weighted by Gasteiger charge is 2.12. The van der Waals surface area contributed by atoms with E-state index in [1.54, 1.807) is 60.5 Å². The van der Waals surface area contributed by atoms with Crippen molar-refractivity contribution in [3.63, 3.8) is 0 Å². The Morgan fingerprint density at radius 2 is 1.82 bits per heavy atom. The average molecular weight is 380 g/mol. The summed E-state index contributed by atoms with van der Waals surface area (Å²) in [5, 5.41) is 8.38. The Labute approximate surface area is 161 Å². The van der Waals surface area contributed by atoms with Gasteiger partial charge in [-0.15, -0.1) is 5.10 Å². The molecule has 0 spiro atoms. The molecule has 0 radical (unpaired) electrons. The standard InChI is InChI=1S/C20H20N4O4/c1-23(13-14-7-9-15(10-8-14)20(27)28-2)18(25)11-12-24-19(26)16-5-3-4-6-17(16)21-22-24/h3-10H,11-13H2,1-2H3. The van der Waals surface area contributed by atoms with Gasteiger partial charge in [0.25, 0.3) is 5.56 Å². The van der Waals surface area contributed by atoms with Crippen LogP contribution in [0.4, 0.5) is 0 Å². The largest absolute Gasteiger partial charge is 0.465 e. The molecule has 0 unspecified atom stereocenters. The third-order valence-corrected chi connectivity index (χ3v) is 4.39. The molecule has 0 aliphatic rings. The minimum Gasteiger partial charge on any atom is -0.465 e. The summed E-state index contributed by atoms with van der Waals surface area (Å²) in [5.41, 5.74) is 1.60. The van der Waals surface area contributed by atoms with Gasteiger partial charge in [-0.2, -0.15) is 0 Å². The average Bonchev–Trinajstić information content (AvgIpc) is 2.73. The van der Waals surface area contributed by atoms with Crippen LogP contribution in [0, 0.1) is 0 Å². The Balaban J connectivity index is 1.61. The number of aromatic nitrogens is 3. The third-order valence-electron chi connectivity index (χ3n) is 4.39. The highest BCUT2D eigenvalue weighted by Crippen LogP contribution is 2.09. The fraction of sp³-hybridized carbons (Fsp3) is 0.250. The zero-order valence-corrected chi connectivity index (χ0v) is 15.7. The van der Waals surface area contributed by atoms with Gasteiger partial charge < -0.3 is 9.64 Å². The summed E-state index contributed by atoms with van der Waals surface area (Å²) in [7, 11) is 3.01. The third kappa shape index (κ3) is 4.22. The van der Waals surface area contributed by atoms with Crippen molar-refractivity contribution in [2.45, 2.75) is 19.5 Å². The summed E-state index contributed by atoms with van der Waals surface area (Å²) in [6.45, 7) is 0.541. The van der Waals surface area contributed by atoms with Crippen molar-refractivity contribution in [2.75, 3.05) is 14.2 Å². The van der Waals surface area contributed by atoms with Crippen molar-refractivity contribution in [2.24, 2.45) is 0 Å². The van der Waals surface area contributed by atoms with Gasteiger partial charge in [-0.3, -0.25) is 9.59 Å². The van der Waals surface area contributed by atoms with E-state index in [4.69, 9.17) is 0 Å². The Kier molecular flexibility index (Phi) is 5.78. The maximum atomic E-state index is 12.4. The van der Waals surface area contributed by atoms with Gasteiger partial charge in [-0.05, 0) is 29.8 Å². The number of carbonyl (C=O) groups excluding carboxylic acids is 2. The zero-order chi connectivity index (χ0) is 20.1. The van der Waals surface area contributed by atoms with E-state index in [1.807, 2.05) is 0 Å². The lowest BCUT2D eigenvalue weighted by Crippen LogP contribution is -2.30. The number of benzene rings is 2. The van der Waals surface area contributed by atoms with Gasteiger partial charge in [0.1, 0.15) is 5.52 Å². The molecule has 0 N–H and O–H groups in total. The quantitative estimate of drug-likeness (QED) is 0.603. The Morgan fingerprint density at radius 3 is 2.54 bits per heavy atom. The summed E-state index contributed by atoms with van der Waals surface area (Å²) in [4.78, 5) is 37.8. The minimum atomic E-state index is -0.405. The van der Waals surface area contributed by atoms with E-state index >= 15 is 0 Å². The van der Waals surface area contributed by atoms with Gasteiger partial charge >= 0.3 is 5.97 Å². The Morgan fingerprint density at radius 1 is 1.11 bits per heavy atom. The molecule has 0 aliphatic heterocycles. The molecule has 28 heavy (non-hydrogen) atoms. The number of nitrogens with zero attached hydrogens (tertiary/aromatic N) is 4. The molecule has 0 bridgehead atoms. The lowest BCUT2D eigenvalue weighted by Gasteiger charge is -2.17. The van der Waals surface area contributed by atoms with Crippen LogP contribution in [0.3, 0.4) is 0 Å². The van der Waals surface area contributed by atoms with E-state index in [0.29, 0.717) is 23.0 Å². The first-order valence-corrected chi connectivity index (χ1v) is 8.73. The van der Waals surface area contributed by atoms with Gasteiger partial charge in [0, 0.05) is 20.0 Å². The fourth-order valence-corrected chi connectivity index (χ4v) is 2.79. The van der Waals surface area contributed by atoms with E-state index in [2.05, 4.69) is 15.0 Å². The number of rotatable bonds is 6. The molecular weight excluding hydrogens is 360 g/mol. The highest BCUT2D eigenvalue weighted by atomic mass is 16.5. The molecule has 1 heterocycles. The van der Waals surface area contributed by atoms with Crippen molar-refractivity contribution < 1.29 is 14.3 Å². The van der Waals surface area contributed by atoms with E-state index in [1.165, 1.54) is 11.8 Å². The SMILES string of the molecule is COC(=O)c1ccc(CN(C)C(=O)CCn2nnc3ccccc3c2=O)cc1. The molecule has 1 aromatic heterocycles. The number of esters is 1. The molecule has 2 aromatic carbocycles. The smallest absolute Gasteiger partial charge is 0.337 e. The number of fused-ring (bicyclic) bond motifs is 1. The van der Waals surface area contributed by atoms with Crippen molar-refractivity contribution in [3.8, 4) is 0 Å². The molecule has 0 fully saturated rings. The van der Waals surface area contributed by atoms with Gasteiger partial charge in [0.15, 0.2) is 0 Å². The van der Waals surface area contributed by atoms with Crippen LogP contribution in [0.1, 0.15) is 22.3 Å². The predicted molar refractivity (Wildman–Crippen MR) is 103 cm³/mol. The van der Waals surface area contributed by atoms with Gasteiger partial charge in [0.05, 0.1) is 24.6 Å². The normalized spacial score (nSPS) is 10.6. The molecule has 8 heteroatoms. The Bertz CT molecular complexity index is 1060. The second-order valence-corrected chi connectivity index (χ2v) is 6.32. The van der Waals surface area contributed by atoms with Gasteiger partial charge in [-0.25, -0.2) is 9.48 Å². The predicted octanol–water partition coefficient (Wildman–Crippen LogP) is 1.63. The van der Waals surface area contributed by atoms with Crippen molar-refractivity contribution in [1.82, 2.24) is 19.9 Å². The second kappa shape index (κ2) is 8.43. The van der Waals surface area contributed by atoms with Crippen LogP contribution in [0.2, 0.25) is 0 Å². The lowest BCUT2D eigenvalue weighted by molar-refractivity contribution is -0.130. The number of aryl methyl sites for hydroxylation is 1. The molecular formula is C20H20N4O4. The van der Waals surface area contributed by atoms with Gasteiger partial charge in [0.2, 0.25) is 5.91 Å². The lowest BCUT2D eigenvalue weighted by atomic mass is 10.1. The van der Waals surface area contributed by atoms with Crippen LogP contribution in [0.25, 0.3) is 10.9 Å². The molecule has 3 aromatic rings. The molecule has 3 rings (SSSR count). The maximum Gasteiger partial charge on any atom is 0.337 e. The van der Waals surface area contributed by atoms with E-state index in [0.717, 1.165) is 5.56 Å². The summed E-state index contributed by atoms with van der Waals surface area (Å²) in [6, 6.07) is 13.8. The first-order valence-electron chi connectivity index (χ1n) is 8.73. The number of carbonyl (C=O) groups is 2. The van der Waals surface area contributed by atoms with Crippen LogP contribution in [-0.2, 0) is 22.6 Å². The number of amides is 1. The van der Waals surface area contributed by atoms with Crippen LogP contribution in [-0.4, -0.2) is 45.9 Å². The molecule has 0 saturated carbocycles. The van der Waals surface area contributed by atoms with Crippen molar-refractivity contribution >= 4 is 22.8 Å². The summed E-state index contributed by atoms with van der Waals surface area (Å²) < 4.78 is 5.87. The van der Waals surface area contributed by atoms with Crippen LogP contribution >= 0.6 is 0 Å². The molecule has 0 aliphatic carbocycles. The van der Waals surface area contributed by atoms with Gasteiger partial charge in [-0.1, -0.05) is 29.5 Å². The second-order valence-electron chi connectivity index (χ2n) is 6.32. The first-order chi connectivity index (χ1) is 13.5. The Hall–Kier alpha value is -3.55. The maximum absolute atomic E-state index is 12.4. The number of methoxy groups -OCH3 is 1. The highest BCUT2D eigenvalue weighted by molar-refractivity contribution is 5.89. The van der Waals surface area contributed by atoms with Crippen LogP contribution in [0.5, 0.6) is 0 Å². The van der Waals surface area contributed by atoms with E-state index in [-0.39, 0.29) is 24.4 Å². The minimum absolute atomic E-state index is 0.126. The summed E-state index contributed by atoms with van der Waals surface area (Å²) >= 11 is 0. The number of hydrogen-bond acceptors (Lipinski definition) is 6. The summed E-state index contributed by atoms with van der Waals surface area (Å²) in [5.74, 6) is -0.531. The molecule has 144 valence electrons. The number of ether oxygens (including phenoxy) is 1.